The number of fused-ring (bicyclic) bond motifs is 3. The molecule has 0 spiro atoms. The smallest absolute Gasteiger partial charge is 0.278 e. The lowest BCUT2D eigenvalue weighted by atomic mass is 9.93. The van der Waals surface area contributed by atoms with Crippen LogP contribution < -0.4 is 15.6 Å². The molecule has 0 radical (unpaired) electrons. The highest BCUT2D eigenvalue weighted by atomic mass is 32.2. The topological polar surface area (TPSA) is 137 Å². The molecular weight excluding hydrogens is 568 g/mol. The Hall–Kier alpha value is -4.36. The fourth-order valence-corrected chi connectivity index (χ4v) is 6.40. The predicted octanol–water partition coefficient (Wildman–Crippen LogP) is 3.48. The summed E-state index contributed by atoms with van der Waals surface area (Å²) in [6.07, 6.45) is 7.68. The standard InChI is InChI=1S/C30H34N8O4S/c1-5-13-37-29(40)22-17-31-30(34-28(22)38(37)26-9-7-8-25(33-26)35-43(3,4)41)32-21-10-11-24(42-6-2)20(15-21)16-23-27(39)19-12-14-36(23)18-19/h5,7-11,15,17,19,23H,1,6,12-14,16,18H2,2-4H3,(H,31,32,34). The van der Waals surface area contributed by atoms with Crippen LogP contribution in [-0.4, -0.2) is 77.5 Å². The molecule has 12 nitrogen and oxygen atoms in total. The van der Waals surface area contributed by atoms with Crippen molar-refractivity contribution >= 4 is 44.0 Å². The van der Waals surface area contributed by atoms with E-state index < -0.39 is 9.73 Å². The molecule has 6 rings (SSSR count). The van der Waals surface area contributed by atoms with E-state index in [9.17, 15) is 13.8 Å². The number of hydrogen-bond donors (Lipinski definition) is 1. The van der Waals surface area contributed by atoms with Gasteiger partial charge in [-0.3, -0.25) is 14.5 Å². The Balaban J connectivity index is 1.38. The van der Waals surface area contributed by atoms with Gasteiger partial charge in [0, 0.05) is 46.6 Å². The number of carbonyl (C=O) groups is 1. The van der Waals surface area contributed by atoms with Crippen LogP contribution in [0.5, 0.6) is 5.75 Å². The molecule has 0 saturated carbocycles. The van der Waals surface area contributed by atoms with Gasteiger partial charge in [0.1, 0.15) is 11.1 Å². The Labute approximate surface area is 249 Å². The molecule has 2 bridgehead atoms. The number of hydrogen-bond acceptors (Lipinski definition) is 10. The quantitative estimate of drug-likeness (QED) is 0.271. The molecule has 3 aromatic heterocycles. The number of anilines is 2. The third kappa shape index (κ3) is 5.69. The molecule has 2 fully saturated rings. The lowest BCUT2D eigenvalue weighted by Gasteiger charge is -2.24. The molecule has 4 aromatic rings. The average molecular weight is 603 g/mol. The number of Topliss-reactive ketones (excluding diaryl/α,β-unsaturated/α-hetero) is 1. The minimum absolute atomic E-state index is 0.136. The van der Waals surface area contributed by atoms with Gasteiger partial charge in [0.15, 0.2) is 23.1 Å². The fraction of sp³-hybridized carbons (Fsp3) is 0.367. The maximum atomic E-state index is 13.3. The van der Waals surface area contributed by atoms with Crippen molar-refractivity contribution in [3.05, 3.63) is 71.2 Å². The Morgan fingerprint density at radius 3 is 2.77 bits per heavy atom. The average Bonchev–Trinajstić information content (AvgIpc) is 3.63. The number of pyridine rings is 1. The van der Waals surface area contributed by atoms with Crippen molar-refractivity contribution in [2.75, 3.05) is 37.5 Å². The highest BCUT2D eigenvalue weighted by Gasteiger charge is 2.45. The number of nitrogens with one attached hydrogen (secondary N) is 1. The molecule has 0 aliphatic carbocycles. The molecule has 224 valence electrons. The second-order valence-corrected chi connectivity index (χ2v) is 13.6. The highest BCUT2D eigenvalue weighted by molar-refractivity contribution is 7.92. The first kappa shape index (κ1) is 28.7. The molecular formula is C30H34N8O4S. The van der Waals surface area contributed by atoms with E-state index in [4.69, 9.17) is 9.72 Å². The number of allylic oxidation sites excluding steroid dienone is 1. The molecule has 13 heteroatoms. The van der Waals surface area contributed by atoms with Crippen LogP contribution in [0.25, 0.3) is 16.9 Å². The van der Waals surface area contributed by atoms with E-state index in [1.165, 1.54) is 23.4 Å². The monoisotopic (exact) mass is 602 g/mol. The second kappa shape index (κ2) is 11.4. The van der Waals surface area contributed by atoms with E-state index in [2.05, 4.69) is 31.1 Å². The van der Waals surface area contributed by atoms with Gasteiger partial charge in [-0.15, -0.1) is 6.58 Å². The highest BCUT2D eigenvalue weighted by Crippen LogP contribution is 2.34. The Kier molecular flexibility index (Phi) is 7.61. The van der Waals surface area contributed by atoms with Gasteiger partial charge in [-0.05, 0) is 62.2 Å². The number of benzene rings is 1. The lowest BCUT2D eigenvalue weighted by Crippen LogP contribution is -2.38. The number of piperidine rings is 1. The molecule has 3 unspecified atom stereocenters. The summed E-state index contributed by atoms with van der Waals surface area (Å²) >= 11 is 0. The maximum Gasteiger partial charge on any atom is 0.278 e. The van der Waals surface area contributed by atoms with Crippen LogP contribution in [-0.2, 0) is 27.5 Å². The van der Waals surface area contributed by atoms with Crippen LogP contribution in [0.3, 0.4) is 0 Å². The largest absolute Gasteiger partial charge is 0.494 e. The van der Waals surface area contributed by atoms with Gasteiger partial charge in [0.2, 0.25) is 5.95 Å². The van der Waals surface area contributed by atoms with Crippen LogP contribution in [0, 0.1) is 5.92 Å². The van der Waals surface area contributed by atoms with Crippen LogP contribution in [0.4, 0.5) is 17.5 Å². The molecule has 3 atom stereocenters. The zero-order valence-electron chi connectivity index (χ0n) is 24.4. The lowest BCUT2D eigenvalue weighted by molar-refractivity contribution is -0.124. The van der Waals surface area contributed by atoms with Crippen LogP contribution in [0.1, 0.15) is 18.9 Å². The van der Waals surface area contributed by atoms with Gasteiger partial charge in [-0.25, -0.2) is 23.5 Å². The van der Waals surface area contributed by atoms with Crippen molar-refractivity contribution in [2.24, 2.45) is 10.3 Å². The second-order valence-electron chi connectivity index (χ2n) is 11.0. The molecule has 1 aromatic carbocycles. The number of aromatic nitrogens is 5. The van der Waals surface area contributed by atoms with E-state index in [0.717, 1.165) is 36.5 Å². The van der Waals surface area contributed by atoms with Crippen molar-refractivity contribution < 1.29 is 13.7 Å². The summed E-state index contributed by atoms with van der Waals surface area (Å²) in [5, 5.41) is 3.57. The van der Waals surface area contributed by atoms with Gasteiger partial charge in [0.05, 0.1) is 19.2 Å². The zero-order chi connectivity index (χ0) is 30.3. The molecule has 0 amide bonds. The Morgan fingerprint density at radius 1 is 1.21 bits per heavy atom. The number of ketones is 1. The number of carbonyl (C=O) groups excluding carboxylic acids is 1. The number of rotatable bonds is 10. The van der Waals surface area contributed by atoms with E-state index in [1.807, 2.05) is 25.1 Å². The maximum absolute atomic E-state index is 13.3. The molecule has 2 saturated heterocycles. The number of ether oxygens (including phenoxy) is 1. The van der Waals surface area contributed by atoms with Gasteiger partial charge < -0.3 is 10.1 Å². The summed E-state index contributed by atoms with van der Waals surface area (Å²) in [6.45, 7) is 8.24. The van der Waals surface area contributed by atoms with Crippen LogP contribution >= 0.6 is 0 Å². The van der Waals surface area contributed by atoms with Crippen molar-refractivity contribution in [1.29, 1.82) is 0 Å². The number of nitrogens with zero attached hydrogens (tertiary/aromatic N) is 7. The van der Waals surface area contributed by atoms with Crippen LogP contribution in [0.2, 0.25) is 0 Å². The first-order chi connectivity index (χ1) is 20.6. The summed E-state index contributed by atoms with van der Waals surface area (Å²) in [4.78, 5) is 42.2. The van der Waals surface area contributed by atoms with Crippen molar-refractivity contribution in [3.8, 4) is 11.6 Å². The summed E-state index contributed by atoms with van der Waals surface area (Å²) < 4.78 is 25.5. The van der Waals surface area contributed by atoms with Gasteiger partial charge >= 0.3 is 0 Å². The van der Waals surface area contributed by atoms with E-state index in [1.54, 1.807) is 29.0 Å². The van der Waals surface area contributed by atoms with Gasteiger partial charge in [-0.2, -0.15) is 9.35 Å². The zero-order valence-corrected chi connectivity index (χ0v) is 25.2. The van der Waals surface area contributed by atoms with E-state index in [-0.39, 0.29) is 35.8 Å². The minimum atomic E-state index is -2.45. The first-order valence-electron chi connectivity index (χ1n) is 14.2. The minimum Gasteiger partial charge on any atom is -0.494 e. The van der Waals surface area contributed by atoms with Gasteiger partial charge in [-0.1, -0.05) is 12.1 Å². The molecule has 1 N–H and O–H groups in total. The Bertz CT molecular complexity index is 1910. The fourth-order valence-electron chi connectivity index (χ4n) is 5.85. The van der Waals surface area contributed by atoms with Crippen molar-refractivity contribution in [2.45, 2.75) is 32.4 Å². The third-order valence-electron chi connectivity index (χ3n) is 7.65. The van der Waals surface area contributed by atoms with Gasteiger partial charge in [0.25, 0.3) is 5.56 Å². The Morgan fingerprint density at radius 2 is 2.05 bits per heavy atom. The third-order valence-corrected chi connectivity index (χ3v) is 8.28. The molecule has 2 aliphatic rings. The molecule has 2 aliphatic heterocycles. The SMILES string of the molecule is C=CCn1c(=O)c2cnc(Nc3ccc(OCC)c(CC4C(=O)C5CCN4C5)c3)nc2n1-c1cccc(N=S(C)(C)=O)n1. The van der Waals surface area contributed by atoms with Crippen molar-refractivity contribution in [3.63, 3.8) is 0 Å². The van der Waals surface area contributed by atoms with Crippen molar-refractivity contribution in [1.82, 2.24) is 29.2 Å². The summed E-state index contributed by atoms with van der Waals surface area (Å²) in [7, 11) is -2.45. The summed E-state index contributed by atoms with van der Waals surface area (Å²) in [5.41, 5.74) is 1.70. The summed E-state index contributed by atoms with van der Waals surface area (Å²) in [5.74, 6) is 2.15. The molecule has 43 heavy (non-hydrogen) atoms. The normalized spacial score (nSPS) is 19.6. The molecule has 5 heterocycles. The predicted molar refractivity (Wildman–Crippen MR) is 166 cm³/mol. The van der Waals surface area contributed by atoms with E-state index >= 15 is 0 Å². The van der Waals surface area contributed by atoms with Crippen LogP contribution in [0.15, 0.2) is 64.4 Å². The summed E-state index contributed by atoms with van der Waals surface area (Å²) in [6, 6.07) is 10.7. The van der Waals surface area contributed by atoms with E-state index in [0.29, 0.717) is 35.7 Å². The first-order valence-corrected chi connectivity index (χ1v) is 16.5.